The van der Waals surface area contributed by atoms with E-state index in [-0.39, 0.29) is 29.0 Å². The molecular formula is C21H32ClN3O4S. The molecule has 2 heterocycles. The third-order valence-electron chi connectivity index (χ3n) is 6.54. The fourth-order valence-electron chi connectivity index (χ4n) is 5.02. The molecule has 2 aliphatic rings. The normalized spacial score (nSPS) is 24.1. The van der Waals surface area contributed by atoms with E-state index in [1.165, 1.54) is 19.1 Å². The second kappa shape index (κ2) is 9.42. The average molecular weight is 458 g/mol. The first kappa shape index (κ1) is 23.3. The van der Waals surface area contributed by atoms with Crippen molar-refractivity contribution in [2.75, 3.05) is 26.0 Å². The lowest BCUT2D eigenvalue weighted by Crippen LogP contribution is -2.45. The second-order valence-electron chi connectivity index (χ2n) is 8.40. The van der Waals surface area contributed by atoms with Gasteiger partial charge in [0.2, 0.25) is 0 Å². The first-order valence-electron chi connectivity index (χ1n) is 10.7. The van der Waals surface area contributed by atoms with Gasteiger partial charge in [-0.15, -0.1) is 12.4 Å². The highest BCUT2D eigenvalue weighted by molar-refractivity contribution is 7.90. The lowest BCUT2D eigenvalue weighted by atomic mass is 9.90. The number of hydrogen-bond acceptors (Lipinski definition) is 5. The summed E-state index contributed by atoms with van der Waals surface area (Å²) in [6, 6.07) is 5.59. The van der Waals surface area contributed by atoms with Crippen LogP contribution in [0.3, 0.4) is 0 Å². The number of hydrogen-bond donors (Lipinski definition) is 1. The van der Waals surface area contributed by atoms with Crippen molar-refractivity contribution in [3.8, 4) is 0 Å². The van der Waals surface area contributed by atoms with Crippen LogP contribution in [-0.2, 0) is 14.6 Å². The second-order valence-corrected chi connectivity index (χ2v) is 10.4. The molecule has 1 saturated carbocycles. The summed E-state index contributed by atoms with van der Waals surface area (Å²) >= 11 is 0. The lowest BCUT2D eigenvalue weighted by molar-refractivity contribution is 0.00796. The van der Waals surface area contributed by atoms with Crippen LogP contribution in [0.5, 0.6) is 0 Å². The van der Waals surface area contributed by atoms with Crippen molar-refractivity contribution in [1.29, 1.82) is 0 Å². The minimum Gasteiger partial charge on any atom is -0.379 e. The van der Waals surface area contributed by atoms with Gasteiger partial charge in [-0.1, -0.05) is 0 Å². The molecule has 7 nitrogen and oxygen atoms in total. The number of rotatable bonds is 5. The molecule has 0 radical (unpaired) electrons. The summed E-state index contributed by atoms with van der Waals surface area (Å²) in [7, 11) is -3.31. The third kappa shape index (κ3) is 4.77. The Bertz CT molecular complexity index is 1020. The largest absolute Gasteiger partial charge is 0.379 e. The van der Waals surface area contributed by atoms with Crippen LogP contribution in [0.25, 0.3) is 11.0 Å². The monoisotopic (exact) mass is 457 g/mol. The summed E-state index contributed by atoms with van der Waals surface area (Å²) in [6.07, 6.45) is 8.05. The number of fused-ring (bicyclic) bond motifs is 1. The molecule has 9 heteroatoms. The van der Waals surface area contributed by atoms with Gasteiger partial charge < -0.3 is 14.6 Å². The van der Waals surface area contributed by atoms with Crippen LogP contribution in [0.15, 0.2) is 27.9 Å². The zero-order valence-corrected chi connectivity index (χ0v) is 19.3. The van der Waals surface area contributed by atoms with Crippen molar-refractivity contribution < 1.29 is 13.2 Å². The highest BCUT2D eigenvalue weighted by Crippen LogP contribution is 2.31. The van der Waals surface area contributed by atoms with Crippen LogP contribution < -0.4 is 5.69 Å². The maximum atomic E-state index is 12.6. The molecule has 30 heavy (non-hydrogen) atoms. The van der Waals surface area contributed by atoms with Crippen molar-refractivity contribution >= 4 is 33.3 Å². The molecule has 1 aliphatic carbocycles. The topological polar surface area (TPSA) is 84.4 Å². The molecule has 2 fully saturated rings. The van der Waals surface area contributed by atoms with Crippen LogP contribution in [0.2, 0.25) is 0 Å². The van der Waals surface area contributed by atoms with Gasteiger partial charge in [0.1, 0.15) is 0 Å². The number of likely N-dealkylation sites (tertiary alicyclic amines) is 1. The van der Waals surface area contributed by atoms with Crippen LogP contribution >= 0.6 is 12.4 Å². The Morgan fingerprint density at radius 3 is 2.33 bits per heavy atom. The van der Waals surface area contributed by atoms with Crippen molar-refractivity contribution in [3.05, 3.63) is 28.7 Å². The molecule has 0 unspecified atom stereocenters. The summed E-state index contributed by atoms with van der Waals surface area (Å²) in [5, 5.41) is 0. The van der Waals surface area contributed by atoms with Gasteiger partial charge in [-0.25, -0.2) is 13.2 Å². The number of ether oxygens (including phenoxy) is 1. The fourth-order valence-corrected chi connectivity index (χ4v) is 5.66. The third-order valence-corrected chi connectivity index (χ3v) is 7.65. The minimum absolute atomic E-state index is 0. The van der Waals surface area contributed by atoms with Crippen LogP contribution in [0, 0.1) is 0 Å². The van der Waals surface area contributed by atoms with Gasteiger partial charge in [-0.3, -0.25) is 4.57 Å². The van der Waals surface area contributed by atoms with Crippen LogP contribution in [0.4, 0.5) is 0 Å². The summed E-state index contributed by atoms with van der Waals surface area (Å²) in [5.74, 6) is 0. The van der Waals surface area contributed by atoms with Gasteiger partial charge in [0, 0.05) is 38.0 Å². The first-order chi connectivity index (χ1) is 13.9. The van der Waals surface area contributed by atoms with Gasteiger partial charge in [0.15, 0.2) is 9.84 Å². The van der Waals surface area contributed by atoms with Gasteiger partial charge in [-0.2, -0.15) is 0 Å². The number of nitrogens with one attached hydrogen (secondary N) is 1. The molecule has 1 saturated heterocycles. The first-order valence-corrected chi connectivity index (χ1v) is 12.6. The highest BCUT2D eigenvalue weighted by Gasteiger charge is 2.30. The average Bonchev–Trinajstić information content (AvgIpc) is 3.03. The number of sulfone groups is 1. The number of aromatic amines is 1. The van der Waals surface area contributed by atoms with E-state index < -0.39 is 9.84 Å². The van der Waals surface area contributed by atoms with E-state index in [1.807, 2.05) is 0 Å². The Hall–Kier alpha value is -1.35. The summed E-state index contributed by atoms with van der Waals surface area (Å²) < 4.78 is 31.4. The van der Waals surface area contributed by atoms with E-state index in [9.17, 15) is 13.2 Å². The van der Waals surface area contributed by atoms with E-state index in [4.69, 9.17) is 4.74 Å². The van der Waals surface area contributed by atoms with Gasteiger partial charge in [0.25, 0.3) is 0 Å². The van der Waals surface area contributed by atoms with Crippen LogP contribution in [-0.4, -0.2) is 61.0 Å². The van der Waals surface area contributed by atoms with Crippen molar-refractivity contribution in [3.63, 3.8) is 0 Å². The zero-order chi connectivity index (χ0) is 20.6. The Morgan fingerprint density at radius 2 is 1.73 bits per heavy atom. The van der Waals surface area contributed by atoms with Gasteiger partial charge in [-0.05, 0) is 63.6 Å². The van der Waals surface area contributed by atoms with E-state index in [0.29, 0.717) is 23.2 Å². The quantitative estimate of drug-likeness (QED) is 0.745. The van der Waals surface area contributed by atoms with Crippen LogP contribution in [0.1, 0.15) is 51.5 Å². The van der Waals surface area contributed by atoms with Gasteiger partial charge >= 0.3 is 5.69 Å². The predicted octanol–water partition coefficient (Wildman–Crippen LogP) is 3.14. The molecule has 4 rings (SSSR count). The van der Waals surface area contributed by atoms with E-state index in [0.717, 1.165) is 45.4 Å². The van der Waals surface area contributed by atoms with Crippen molar-refractivity contribution in [2.24, 2.45) is 0 Å². The fraction of sp³-hybridized carbons (Fsp3) is 0.667. The molecule has 0 bridgehead atoms. The Kier molecular flexibility index (Phi) is 7.32. The summed E-state index contributed by atoms with van der Waals surface area (Å²) in [5.41, 5.74) is 1.23. The van der Waals surface area contributed by atoms with Crippen molar-refractivity contribution in [1.82, 2.24) is 14.5 Å². The van der Waals surface area contributed by atoms with Crippen molar-refractivity contribution in [2.45, 2.75) is 68.5 Å². The maximum Gasteiger partial charge on any atom is 0.326 e. The van der Waals surface area contributed by atoms with E-state index in [1.54, 1.807) is 22.8 Å². The predicted molar refractivity (Wildman–Crippen MR) is 120 cm³/mol. The number of nitrogens with zero attached hydrogens (tertiary/aromatic N) is 2. The smallest absolute Gasteiger partial charge is 0.326 e. The number of piperidine rings is 1. The molecular weight excluding hydrogens is 426 g/mol. The summed E-state index contributed by atoms with van der Waals surface area (Å²) in [6.45, 7) is 4.79. The molecule has 168 valence electrons. The van der Waals surface area contributed by atoms with E-state index >= 15 is 0 Å². The minimum atomic E-state index is -3.31. The molecule has 1 aromatic carbocycles. The Labute approximate surface area is 184 Å². The Balaban J connectivity index is 0.00000256. The maximum absolute atomic E-state index is 12.6. The SMILES string of the molecule is CCO[C@H]1CC[C@H](N2CCC(n3c(=O)[nH]c4ccc(S(C)(=O)=O)cc43)CC2)CC1.Cl. The molecule has 2 aromatic rings. The summed E-state index contributed by atoms with van der Waals surface area (Å²) in [4.78, 5) is 18.3. The molecule has 1 aliphatic heterocycles. The number of halogens is 1. The lowest BCUT2D eigenvalue weighted by Gasteiger charge is -2.40. The molecule has 0 atom stereocenters. The molecule has 1 aromatic heterocycles. The molecule has 1 N–H and O–H groups in total. The molecule has 0 amide bonds. The number of H-pyrrole nitrogens is 1. The van der Waals surface area contributed by atoms with E-state index in [2.05, 4.69) is 16.8 Å². The molecule has 0 spiro atoms. The number of imidazole rings is 1. The number of aromatic nitrogens is 2. The zero-order valence-electron chi connectivity index (χ0n) is 17.7. The number of benzene rings is 1. The highest BCUT2D eigenvalue weighted by atomic mass is 35.5. The van der Waals surface area contributed by atoms with Gasteiger partial charge in [0.05, 0.1) is 22.0 Å². The standard InChI is InChI=1S/C21H31N3O4S.ClH/c1-3-28-17-6-4-15(5-7-17)23-12-10-16(11-13-23)24-20-14-18(29(2,26)27)8-9-19(20)22-21(24)25;/h8-9,14-17H,3-7,10-13H2,1-2H3,(H,22,25);1H/t15-,17-;. The Morgan fingerprint density at radius 1 is 1.07 bits per heavy atom.